The van der Waals surface area contributed by atoms with Gasteiger partial charge in [0, 0.05) is 13.5 Å². The van der Waals surface area contributed by atoms with E-state index in [-0.39, 0.29) is 80.7 Å². The molecule has 438 valence electrons. The highest BCUT2D eigenvalue weighted by Gasteiger charge is 2.46. The van der Waals surface area contributed by atoms with Gasteiger partial charge in [-0.1, -0.05) is 117 Å². The molecule has 2 aliphatic carbocycles. The number of likely N-dealkylation sites (tertiary alicyclic amines) is 1. The van der Waals surface area contributed by atoms with E-state index in [1.54, 1.807) is 43.0 Å². The number of amides is 4. The topological polar surface area (TPSA) is 186 Å². The minimum atomic E-state index is -0.804. The third kappa shape index (κ3) is 16.9. The van der Waals surface area contributed by atoms with Gasteiger partial charge >= 0.3 is 0 Å². The zero-order valence-electron chi connectivity index (χ0n) is 48.2. The van der Waals surface area contributed by atoms with E-state index in [1.165, 1.54) is 11.1 Å². The first kappa shape index (κ1) is 60.8. The lowest BCUT2D eigenvalue weighted by molar-refractivity contribution is -0.143. The van der Waals surface area contributed by atoms with Crippen molar-refractivity contribution in [1.82, 2.24) is 25.8 Å². The Morgan fingerprint density at radius 1 is 0.695 bits per heavy atom. The summed E-state index contributed by atoms with van der Waals surface area (Å²) in [5.74, 6) is 0.974. The molecule has 1 saturated carbocycles. The molecule has 8 rings (SSSR count). The van der Waals surface area contributed by atoms with Gasteiger partial charge in [-0.2, -0.15) is 0 Å². The van der Waals surface area contributed by atoms with Crippen LogP contribution in [0.5, 0.6) is 23.0 Å². The summed E-state index contributed by atoms with van der Waals surface area (Å²) in [6.45, 7) is 6.41. The van der Waals surface area contributed by atoms with Crippen LogP contribution < -0.4 is 30.2 Å². The van der Waals surface area contributed by atoms with Crippen molar-refractivity contribution in [2.24, 2.45) is 5.92 Å². The fourth-order valence-corrected chi connectivity index (χ4v) is 11.2. The number of para-hydroxylation sites is 2. The molecule has 1 saturated heterocycles. The summed E-state index contributed by atoms with van der Waals surface area (Å²) < 4.78 is 35.9. The molecule has 82 heavy (non-hydrogen) atoms. The molecule has 16 heteroatoms. The zero-order valence-corrected chi connectivity index (χ0v) is 48.2. The van der Waals surface area contributed by atoms with Crippen molar-refractivity contribution in [3.8, 4) is 23.0 Å². The van der Waals surface area contributed by atoms with Crippen LogP contribution in [0.2, 0.25) is 0 Å². The Hall–Kier alpha value is -7.24. The number of ether oxygens (including phenoxy) is 6. The minimum absolute atomic E-state index is 0.0374. The van der Waals surface area contributed by atoms with Gasteiger partial charge in [0.05, 0.1) is 58.2 Å². The summed E-state index contributed by atoms with van der Waals surface area (Å²) in [4.78, 5) is 58.7. The number of benzene rings is 5. The molecule has 4 N–H and O–H groups in total. The van der Waals surface area contributed by atoms with E-state index < -0.39 is 24.2 Å². The van der Waals surface area contributed by atoms with Gasteiger partial charge < -0.3 is 59.3 Å². The molecule has 5 aromatic carbocycles. The number of aromatic hydroxyl groups is 1. The van der Waals surface area contributed by atoms with Crippen molar-refractivity contribution in [2.45, 2.75) is 108 Å². The first-order chi connectivity index (χ1) is 40.0. The summed E-state index contributed by atoms with van der Waals surface area (Å²) in [6.07, 6.45) is 8.00. The second kappa shape index (κ2) is 31.3. The normalized spacial score (nSPS) is 18.1. The molecule has 2 fully saturated rings. The number of nitrogens with one attached hydrogen (secondary N) is 3. The second-order valence-corrected chi connectivity index (χ2v) is 21.4. The van der Waals surface area contributed by atoms with E-state index in [4.69, 9.17) is 28.4 Å². The minimum Gasteiger partial charge on any atom is -0.508 e. The molecule has 0 bridgehead atoms. The molecule has 16 nitrogen and oxygen atoms in total. The van der Waals surface area contributed by atoms with Gasteiger partial charge in [-0.15, -0.1) is 0 Å². The Morgan fingerprint density at radius 3 is 2.05 bits per heavy atom. The number of hydrogen-bond acceptors (Lipinski definition) is 12. The average molecular weight is 1120 g/mol. The van der Waals surface area contributed by atoms with Gasteiger partial charge in [-0.05, 0) is 134 Å². The SMILES string of the molecule is CC/C(=C(\c1ccc(O)cc1)c1ccc(OCCN(C)C(=O)COCCOCCOCCOc2ccccc2O[C@H]2C[C@@H](C(=O)N[C@@H]3CCCc4ccccc43)N(C(=O)[C@@H](NC(=O)[C@H](C)NC)C3CCCCC3)C2)cc1)c1ccccc1. The number of carbonyl (C=O) groups is 4. The number of rotatable bonds is 29. The summed E-state index contributed by atoms with van der Waals surface area (Å²) in [5, 5.41) is 19.4. The second-order valence-electron chi connectivity index (χ2n) is 21.4. The highest BCUT2D eigenvalue weighted by molar-refractivity contribution is 5.99. The molecule has 0 spiro atoms. The van der Waals surface area contributed by atoms with Crippen LogP contribution in [-0.2, 0) is 39.8 Å². The zero-order chi connectivity index (χ0) is 57.6. The maximum absolute atomic E-state index is 14.9. The number of hydrogen-bond donors (Lipinski definition) is 4. The highest BCUT2D eigenvalue weighted by atomic mass is 16.6. The van der Waals surface area contributed by atoms with Crippen LogP contribution in [0.15, 0.2) is 127 Å². The summed E-state index contributed by atoms with van der Waals surface area (Å²) in [6, 6.07) is 38.9. The van der Waals surface area contributed by atoms with Crippen molar-refractivity contribution >= 4 is 34.8 Å². The number of carbonyl (C=O) groups excluding carboxylic acids is 4. The number of aryl methyl sites for hydroxylation is 1. The van der Waals surface area contributed by atoms with Crippen molar-refractivity contribution in [2.75, 3.05) is 80.0 Å². The van der Waals surface area contributed by atoms with Crippen LogP contribution >= 0.6 is 0 Å². The monoisotopic (exact) mass is 1120 g/mol. The third-order valence-electron chi connectivity index (χ3n) is 15.8. The lowest BCUT2D eigenvalue weighted by Gasteiger charge is -2.35. The van der Waals surface area contributed by atoms with E-state index in [0.717, 1.165) is 85.6 Å². The summed E-state index contributed by atoms with van der Waals surface area (Å²) in [5.41, 5.74) is 7.81. The van der Waals surface area contributed by atoms with Gasteiger partial charge in [0.25, 0.3) is 0 Å². The number of allylic oxidation sites excluding steroid dienone is 1. The Kier molecular flexibility index (Phi) is 23.2. The summed E-state index contributed by atoms with van der Waals surface area (Å²) >= 11 is 0. The van der Waals surface area contributed by atoms with Crippen LogP contribution in [0.4, 0.5) is 0 Å². The fourth-order valence-electron chi connectivity index (χ4n) is 11.2. The van der Waals surface area contributed by atoms with Crippen LogP contribution in [0.1, 0.15) is 105 Å². The molecule has 1 heterocycles. The lowest BCUT2D eigenvalue weighted by atomic mass is 9.83. The molecule has 5 atom stereocenters. The number of phenols is 1. The van der Waals surface area contributed by atoms with E-state index in [0.29, 0.717) is 50.2 Å². The van der Waals surface area contributed by atoms with Crippen LogP contribution in [0, 0.1) is 5.92 Å². The van der Waals surface area contributed by atoms with Crippen LogP contribution in [0.25, 0.3) is 11.1 Å². The van der Waals surface area contributed by atoms with E-state index >= 15 is 0 Å². The van der Waals surface area contributed by atoms with Crippen molar-refractivity contribution in [3.05, 3.63) is 155 Å². The lowest BCUT2D eigenvalue weighted by Crippen LogP contribution is -2.58. The predicted molar refractivity (Wildman–Crippen MR) is 317 cm³/mol. The predicted octanol–water partition coefficient (Wildman–Crippen LogP) is 8.94. The van der Waals surface area contributed by atoms with Gasteiger partial charge in [-0.25, -0.2) is 0 Å². The van der Waals surface area contributed by atoms with Gasteiger partial charge in [0.2, 0.25) is 23.6 Å². The number of fused-ring (bicyclic) bond motifs is 1. The first-order valence-corrected chi connectivity index (χ1v) is 29.3. The molecule has 0 unspecified atom stereocenters. The number of likely N-dealkylation sites (N-methyl/N-ethyl adjacent to an activating group) is 2. The Balaban J connectivity index is 0.745. The molecular weight excluding hydrogens is 1040 g/mol. The maximum Gasteiger partial charge on any atom is 0.248 e. The van der Waals surface area contributed by atoms with E-state index in [9.17, 15) is 24.3 Å². The molecular formula is C66H83N5O11. The van der Waals surface area contributed by atoms with Gasteiger partial charge in [0.15, 0.2) is 11.5 Å². The van der Waals surface area contributed by atoms with Crippen LogP contribution in [-0.4, -0.2) is 143 Å². The standard InChI is InChI=1S/C66H83N5O11/c1-5-55(47-17-8-6-9-18-47)62(49-27-31-52(72)32-28-49)50-29-33-53(34-30-50)80-36-35-70(4)61(73)45-79-40-39-77-37-38-78-41-42-81-59-25-14-15-26-60(59)82-54-43-58(65(75)68-57-24-16-22-48-19-12-13-23-56(48)57)71(44-54)66(76)63(51-20-10-7-11-21-51)69-64(74)46(2)67-3/h6,8-9,12-15,17-19,23,25-34,46,51,54,57-58,63,67,72H,5,7,10-11,16,20-22,24,35-45H2,1-4H3,(H,68,75)(H,69,74)/b62-55-/t46-,54-,57+,58-,63-/m0/s1. The first-order valence-electron chi connectivity index (χ1n) is 29.3. The Labute approximate surface area is 483 Å². The highest BCUT2D eigenvalue weighted by Crippen LogP contribution is 2.37. The van der Waals surface area contributed by atoms with Gasteiger partial charge in [-0.3, -0.25) is 19.2 Å². The molecule has 0 aromatic heterocycles. The molecule has 4 amide bonds. The Bertz CT molecular complexity index is 2860. The fraction of sp³-hybridized carbons (Fsp3) is 0.455. The van der Waals surface area contributed by atoms with Crippen molar-refractivity contribution in [3.63, 3.8) is 0 Å². The largest absolute Gasteiger partial charge is 0.508 e. The molecule has 5 aromatic rings. The van der Waals surface area contributed by atoms with Crippen molar-refractivity contribution < 1.29 is 52.7 Å². The Morgan fingerprint density at radius 2 is 1.34 bits per heavy atom. The summed E-state index contributed by atoms with van der Waals surface area (Å²) in [7, 11) is 3.44. The quantitative estimate of drug-likeness (QED) is 0.0264. The number of nitrogens with zero attached hydrogens (tertiary/aromatic N) is 2. The van der Waals surface area contributed by atoms with Gasteiger partial charge in [0.1, 0.15) is 49.5 Å². The molecule has 1 aliphatic heterocycles. The van der Waals surface area contributed by atoms with Crippen LogP contribution in [0.3, 0.4) is 0 Å². The van der Waals surface area contributed by atoms with E-state index in [2.05, 4.69) is 47.1 Å². The van der Waals surface area contributed by atoms with Crippen molar-refractivity contribution in [1.29, 1.82) is 0 Å². The molecule has 0 radical (unpaired) electrons. The smallest absolute Gasteiger partial charge is 0.248 e. The molecule has 3 aliphatic rings. The third-order valence-corrected chi connectivity index (χ3v) is 15.8. The maximum atomic E-state index is 14.9. The average Bonchev–Trinajstić information content (AvgIpc) is 4.15. The van der Waals surface area contributed by atoms with E-state index in [1.807, 2.05) is 91.0 Å². The number of phenolic OH excluding ortho intramolecular Hbond substituents is 1.